The predicted molar refractivity (Wildman–Crippen MR) is 100.0 cm³/mol. The molecule has 1 atom stereocenters. The van der Waals surface area contributed by atoms with Gasteiger partial charge in [0.25, 0.3) is 0 Å². The van der Waals surface area contributed by atoms with Crippen molar-refractivity contribution in [2.45, 2.75) is 18.9 Å². The van der Waals surface area contributed by atoms with E-state index in [0.29, 0.717) is 6.54 Å². The summed E-state index contributed by atoms with van der Waals surface area (Å²) in [4.78, 5) is 4.66. The highest BCUT2D eigenvalue weighted by molar-refractivity contribution is 5.87. The Hall–Kier alpha value is -2.99. The lowest BCUT2D eigenvalue weighted by Crippen LogP contribution is -2.29. The number of fused-ring (bicyclic) bond motifs is 3. The molecule has 2 aliphatic heterocycles. The van der Waals surface area contributed by atoms with Gasteiger partial charge < -0.3 is 9.80 Å². The van der Waals surface area contributed by atoms with Crippen molar-refractivity contribution in [2.24, 2.45) is 5.41 Å². The summed E-state index contributed by atoms with van der Waals surface area (Å²) in [5, 5.41) is 10.0. The van der Waals surface area contributed by atoms with Crippen LogP contribution in [0.3, 0.4) is 0 Å². The fourth-order valence-electron chi connectivity index (χ4n) is 4.61. The summed E-state index contributed by atoms with van der Waals surface area (Å²) in [5.74, 6) is 1.06. The zero-order valence-electron chi connectivity index (χ0n) is 14.0. The highest BCUT2D eigenvalue weighted by Gasteiger charge is 2.64. The Bertz CT molecular complexity index is 931. The van der Waals surface area contributed by atoms with Gasteiger partial charge in [0, 0.05) is 12.0 Å². The highest BCUT2D eigenvalue weighted by Crippen LogP contribution is 2.70. The second-order valence-corrected chi connectivity index (χ2v) is 7.04. The van der Waals surface area contributed by atoms with Crippen molar-refractivity contribution in [3.05, 3.63) is 84.2 Å². The number of nitriles is 1. The minimum absolute atomic E-state index is 0.0294. The SMILES string of the molecule is C=CCN1C2=C(C#N)C3(CC3)[C@@H](c3ccccc3)N2c2ccccc21. The van der Waals surface area contributed by atoms with Gasteiger partial charge in [-0.3, -0.25) is 0 Å². The summed E-state index contributed by atoms with van der Waals surface area (Å²) in [6.07, 6.45) is 4.08. The van der Waals surface area contributed by atoms with E-state index in [4.69, 9.17) is 0 Å². The van der Waals surface area contributed by atoms with Gasteiger partial charge in [0.15, 0.2) is 0 Å². The van der Waals surface area contributed by atoms with Crippen molar-refractivity contribution in [2.75, 3.05) is 16.3 Å². The minimum Gasteiger partial charge on any atom is -0.321 e. The van der Waals surface area contributed by atoms with Gasteiger partial charge in [0.1, 0.15) is 5.82 Å². The quantitative estimate of drug-likeness (QED) is 0.762. The first kappa shape index (κ1) is 14.4. The summed E-state index contributed by atoms with van der Waals surface area (Å²) in [6.45, 7) is 4.64. The number of hydrogen-bond donors (Lipinski definition) is 0. The van der Waals surface area contributed by atoms with Crippen LogP contribution >= 0.6 is 0 Å². The Morgan fingerprint density at radius 2 is 1.76 bits per heavy atom. The first-order valence-corrected chi connectivity index (χ1v) is 8.78. The summed E-state index contributed by atoms with van der Waals surface area (Å²) in [6, 6.07) is 21.9. The van der Waals surface area contributed by atoms with E-state index in [2.05, 4.69) is 77.0 Å². The molecule has 2 heterocycles. The van der Waals surface area contributed by atoms with Crippen molar-refractivity contribution in [1.29, 1.82) is 5.26 Å². The van der Waals surface area contributed by atoms with E-state index in [1.807, 2.05) is 6.08 Å². The molecule has 3 nitrogen and oxygen atoms in total. The van der Waals surface area contributed by atoms with E-state index in [0.717, 1.165) is 24.2 Å². The summed E-state index contributed by atoms with van der Waals surface area (Å²) in [5.41, 5.74) is 4.57. The molecule has 0 unspecified atom stereocenters. The molecule has 25 heavy (non-hydrogen) atoms. The molecule has 5 rings (SSSR count). The standard InChI is InChI=1S/C22H19N3/c1-2-14-24-18-10-6-7-11-19(18)25-20(16-8-4-3-5-9-16)22(12-13-22)17(15-23)21(24)25/h2-11,20H,1,12-14H2/t20-/m1/s1. The fourth-order valence-corrected chi connectivity index (χ4v) is 4.61. The van der Waals surface area contributed by atoms with Crippen LogP contribution in [0.15, 0.2) is 78.6 Å². The lowest BCUT2D eigenvalue weighted by atomic mass is 9.86. The van der Waals surface area contributed by atoms with E-state index < -0.39 is 0 Å². The van der Waals surface area contributed by atoms with Crippen molar-refractivity contribution in [1.82, 2.24) is 0 Å². The van der Waals surface area contributed by atoms with Crippen LogP contribution in [-0.4, -0.2) is 6.54 Å². The van der Waals surface area contributed by atoms with Crippen LogP contribution in [0.4, 0.5) is 11.4 Å². The minimum atomic E-state index is -0.0294. The smallest absolute Gasteiger partial charge is 0.129 e. The van der Waals surface area contributed by atoms with E-state index in [1.54, 1.807) is 0 Å². The van der Waals surface area contributed by atoms with Gasteiger partial charge in [-0.1, -0.05) is 48.5 Å². The molecule has 2 aromatic carbocycles. The molecule has 2 aromatic rings. The third-order valence-electron chi connectivity index (χ3n) is 5.75. The van der Waals surface area contributed by atoms with Gasteiger partial charge in [-0.25, -0.2) is 0 Å². The van der Waals surface area contributed by atoms with Crippen LogP contribution in [0.5, 0.6) is 0 Å². The molecule has 0 radical (unpaired) electrons. The molecule has 1 spiro atoms. The van der Waals surface area contributed by atoms with Crippen molar-refractivity contribution < 1.29 is 0 Å². The number of benzene rings is 2. The third kappa shape index (κ3) is 1.74. The molecule has 3 heteroatoms. The molecule has 0 aromatic heterocycles. The Morgan fingerprint density at radius 3 is 2.40 bits per heavy atom. The first-order chi connectivity index (χ1) is 12.3. The summed E-state index contributed by atoms with van der Waals surface area (Å²) >= 11 is 0. The van der Waals surface area contributed by atoms with Crippen LogP contribution in [0.2, 0.25) is 0 Å². The predicted octanol–water partition coefficient (Wildman–Crippen LogP) is 4.77. The third-order valence-corrected chi connectivity index (χ3v) is 5.75. The molecule has 122 valence electrons. The van der Waals surface area contributed by atoms with Crippen LogP contribution in [0, 0.1) is 16.7 Å². The van der Waals surface area contributed by atoms with E-state index in [-0.39, 0.29) is 11.5 Å². The maximum atomic E-state index is 10.0. The molecule has 1 aliphatic carbocycles. The molecule has 0 bridgehead atoms. The van der Waals surface area contributed by atoms with Gasteiger partial charge in [-0.2, -0.15) is 5.26 Å². The Labute approximate surface area is 148 Å². The Morgan fingerprint density at radius 1 is 1.08 bits per heavy atom. The fraction of sp³-hybridized carbons (Fsp3) is 0.227. The monoisotopic (exact) mass is 325 g/mol. The molecule has 3 aliphatic rings. The zero-order chi connectivity index (χ0) is 17.0. The lowest BCUT2D eigenvalue weighted by Gasteiger charge is -2.29. The van der Waals surface area contributed by atoms with Crippen LogP contribution in [-0.2, 0) is 0 Å². The average molecular weight is 325 g/mol. The maximum Gasteiger partial charge on any atom is 0.129 e. The molecule has 0 amide bonds. The molecule has 0 N–H and O–H groups in total. The normalized spacial score (nSPS) is 22.0. The van der Waals surface area contributed by atoms with Crippen LogP contribution in [0.1, 0.15) is 24.4 Å². The second-order valence-electron chi connectivity index (χ2n) is 7.04. The molecular weight excluding hydrogens is 306 g/mol. The van der Waals surface area contributed by atoms with Gasteiger partial charge in [-0.05, 0) is 30.5 Å². The van der Waals surface area contributed by atoms with Crippen LogP contribution < -0.4 is 9.80 Å². The Kier molecular flexibility index (Phi) is 2.87. The van der Waals surface area contributed by atoms with Gasteiger partial charge in [0.05, 0.1) is 29.1 Å². The van der Waals surface area contributed by atoms with Crippen LogP contribution in [0.25, 0.3) is 0 Å². The molecule has 1 saturated carbocycles. The van der Waals surface area contributed by atoms with Gasteiger partial charge >= 0.3 is 0 Å². The van der Waals surface area contributed by atoms with Gasteiger partial charge in [0.2, 0.25) is 0 Å². The second kappa shape index (κ2) is 5.00. The largest absolute Gasteiger partial charge is 0.321 e. The maximum absolute atomic E-state index is 10.0. The summed E-state index contributed by atoms with van der Waals surface area (Å²) < 4.78 is 0. The van der Waals surface area contributed by atoms with Crippen molar-refractivity contribution >= 4 is 11.4 Å². The molecular formula is C22H19N3. The van der Waals surface area contributed by atoms with Crippen molar-refractivity contribution in [3.8, 4) is 6.07 Å². The zero-order valence-corrected chi connectivity index (χ0v) is 14.0. The number of para-hydroxylation sites is 2. The lowest BCUT2D eigenvalue weighted by molar-refractivity contribution is 0.514. The van der Waals surface area contributed by atoms with E-state index in [9.17, 15) is 5.26 Å². The number of nitrogens with zero attached hydrogens (tertiary/aromatic N) is 3. The van der Waals surface area contributed by atoms with E-state index >= 15 is 0 Å². The molecule has 1 fully saturated rings. The number of rotatable bonds is 3. The Balaban J connectivity index is 1.77. The molecule has 0 saturated heterocycles. The van der Waals surface area contributed by atoms with E-state index in [1.165, 1.54) is 16.9 Å². The number of hydrogen-bond acceptors (Lipinski definition) is 3. The first-order valence-electron chi connectivity index (χ1n) is 8.78. The number of anilines is 2. The van der Waals surface area contributed by atoms with Gasteiger partial charge in [-0.15, -0.1) is 6.58 Å². The average Bonchev–Trinajstić information content (AvgIpc) is 3.30. The summed E-state index contributed by atoms with van der Waals surface area (Å²) in [7, 11) is 0. The topological polar surface area (TPSA) is 30.3 Å². The van der Waals surface area contributed by atoms with Crippen molar-refractivity contribution in [3.63, 3.8) is 0 Å². The highest BCUT2D eigenvalue weighted by atomic mass is 15.4.